The maximum absolute atomic E-state index is 10.8. The van der Waals surface area contributed by atoms with Gasteiger partial charge in [-0.15, -0.1) is 0 Å². The second kappa shape index (κ2) is 6.34. The molecule has 5 nitrogen and oxygen atoms in total. The second-order valence-electron chi connectivity index (χ2n) is 6.70. The van der Waals surface area contributed by atoms with E-state index in [1.165, 1.54) is 5.56 Å². The summed E-state index contributed by atoms with van der Waals surface area (Å²) in [5.41, 5.74) is 3.75. The third kappa shape index (κ3) is 3.74. The molecule has 3 rings (SSSR count). The fourth-order valence-corrected chi connectivity index (χ4v) is 3.15. The molecule has 1 aromatic heterocycles. The second-order valence-corrected chi connectivity index (χ2v) is 6.70. The molecule has 2 aromatic rings. The Balaban J connectivity index is 1.57. The Kier molecular flexibility index (Phi) is 4.41. The largest absolute Gasteiger partial charge is 0.491 e. The van der Waals surface area contributed by atoms with Crippen molar-refractivity contribution in [2.45, 2.75) is 39.3 Å². The van der Waals surface area contributed by atoms with Gasteiger partial charge in [-0.2, -0.15) is 5.10 Å². The Labute approximate surface area is 137 Å². The van der Waals surface area contributed by atoms with Crippen LogP contribution in [0.15, 0.2) is 24.3 Å². The third-order valence-corrected chi connectivity index (χ3v) is 4.57. The van der Waals surface area contributed by atoms with Crippen LogP contribution in [0.2, 0.25) is 0 Å². The van der Waals surface area contributed by atoms with Crippen molar-refractivity contribution in [2.24, 2.45) is 0 Å². The van der Waals surface area contributed by atoms with E-state index in [0.717, 1.165) is 42.2 Å². The van der Waals surface area contributed by atoms with Gasteiger partial charge in [0.25, 0.3) is 0 Å². The molecule has 1 fully saturated rings. The highest BCUT2D eigenvalue weighted by atomic mass is 16.5. The van der Waals surface area contributed by atoms with Gasteiger partial charge in [-0.25, -0.2) is 0 Å². The third-order valence-electron chi connectivity index (χ3n) is 4.57. The van der Waals surface area contributed by atoms with Gasteiger partial charge in [0.2, 0.25) is 0 Å². The van der Waals surface area contributed by atoms with E-state index < -0.39 is 5.60 Å². The molecule has 1 atom stereocenters. The molecule has 23 heavy (non-hydrogen) atoms. The summed E-state index contributed by atoms with van der Waals surface area (Å²) >= 11 is 0. The number of aliphatic hydroxyl groups is 1. The fraction of sp³-hybridized carbons (Fsp3) is 0.500. The Morgan fingerprint density at radius 1 is 1.35 bits per heavy atom. The summed E-state index contributed by atoms with van der Waals surface area (Å²) in [6.45, 7) is 8.74. The van der Waals surface area contributed by atoms with Crippen molar-refractivity contribution < 1.29 is 9.84 Å². The van der Waals surface area contributed by atoms with Crippen molar-refractivity contribution in [3.05, 3.63) is 46.8 Å². The number of ether oxygens (including phenoxy) is 1. The Morgan fingerprint density at radius 2 is 2.17 bits per heavy atom. The summed E-state index contributed by atoms with van der Waals surface area (Å²) in [5, 5.41) is 18.0. The molecule has 1 saturated heterocycles. The zero-order valence-corrected chi connectivity index (χ0v) is 14.1. The van der Waals surface area contributed by atoms with Gasteiger partial charge in [-0.1, -0.05) is 12.1 Å². The highest BCUT2D eigenvalue weighted by Crippen LogP contribution is 2.25. The van der Waals surface area contributed by atoms with Crippen molar-refractivity contribution in [3.8, 4) is 5.75 Å². The maximum Gasteiger partial charge on any atom is 0.119 e. The quantitative estimate of drug-likeness (QED) is 0.889. The number of likely N-dealkylation sites (tertiary alicyclic amines) is 1. The first-order valence-electron chi connectivity index (χ1n) is 8.10. The van der Waals surface area contributed by atoms with Crippen LogP contribution in [-0.4, -0.2) is 45.5 Å². The molecule has 0 radical (unpaired) electrons. The zero-order chi connectivity index (χ0) is 16.4. The molecule has 1 aromatic carbocycles. The monoisotopic (exact) mass is 315 g/mol. The van der Waals surface area contributed by atoms with Crippen molar-refractivity contribution >= 4 is 0 Å². The van der Waals surface area contributed by atoms with E-state index in [2.05, 4.69) is 15.1 Å². The molecule has 0 bridgehead atoms. The van der Waals surface area contributed by atoms with Gasteiger partial charge in [0.05, 0.1) is 5.69 Å². The van der Waals surface area contributed by atoms with Crippen molar-refractivity contribution in [1.29, 1.82) is 0 Å². The lowest BCUT2D eigenvalue weighted by Gasteiger charge is -2.24. The number of rotatable bonds is 5. The van der Waals surface area contributed by atoms with Crippen LogP contribution >= 0.6 is 0 Å². The Bertz CT molecular complexity index is 663. The minimum atomic E-state index is -0.782. The minimum Gasteiger partial charge on any atom is -0.491 e. The Morgan fingerprint density at radius 3 is 2.87 bits per heavy atom. The number of H-pyrrole nitrogens is 1. The minimum absolute atomic E-state index is 0.330. The van der Waals surface area contributed by atoms with Crippen molar-refractivity contribution in [1.82, 2.24) is 15.1 Å². The summed E-state index contributed by atoms with van der Waals surface area (Å²) < 4.78 is 5.81. The molecular weight excluding hydrogens is 290 g/mol. The van der Waals surface area contributed by atoms with Crippen molar-refractivity contribution in [3.63, 3.8) is 0 Å². The standard InChI is InChI=1S/C18H25N3O2/c1-13-5-4-6-16(9-13)23-12-18(22)7-8-21(11-18)10-17-14(2)19-20-15(17)3/h4-6,9,22H,7-8,10-12H2,1-3H3,(H,19,20). The number of nitrogens with one attached hydrogen (secondary N) is 1. The molecular formula is C18H25N3O2. The number of aromatic nitrogens is 2. The SMILES string of the molecule is Cc1cccc(OCC2(O)CCN(Cc3c(C)n[nH]c3C)C2)c1. The number of aryl methyl sites for hydroxylation is 3. The van der Waals surface area contributed by atoms with Crippen LogP contribution in [0, 0.1) is 20.8 Å². The van der Waals surface area contributed by atoms with Crippen LogP contribution in [0.3, 0.4) is 0 Å². The van der Waals surface area contributed by atoms with Gasteiger partial charge in [0.1, 0.15) is 18.0 Å². The van der Waals surface area contributed by atoms with Gasteiger partial charge in [-0.3, -0.25) is 10.00 Å². The van der Waals surface area contributed by atoms with E-state index >= 15 is 0 Å². The first kappa shape index (κ1) is 16.0. The summed E-state index contributed by atoms with van der Waals surface area (Å²) in [6, 6.07) is 7.93. The lowest BCUT2D eigenvalue weighted by molar-refractivity contribution is 0.00334. The van der Waals surface area contributed by atoms with Gasteiger partial charge in [-0.05, 0) is 44.9 Å². The van der Waals surface area contributed by atoms with Crippen LogP contribution < -0.4 is 4.74 Å². The molecule has 1 aliphatic heterocycles. The summed E-state index contributed by atoms with van der Waals surface area (Å²) in [7, 11) is 0. The first-order valence-corrected chi connectivity index (χ1v) is 8.10. The smallest absolute Gasteiger partial charge is 0.119 e. The summed E-state index contributed by atoms with van der Waals surface area (Å²) in [6.07, 6.45) is 0.731. The summed E-state index contributed by atoms with van der Waals surface area (Å²) in [4.78, 5) is 2.27. The number of hydrogen-bond acceptors (Lipinski definition) is 4. The highest BCUT2D eigenvalue weighted by Gasteiger charge is 2.37. The number of hydrogen-bond donors (Lipinski definition) is 2. The molecule has 2 N–H and O–H groups in total. The normalized spacial score (nSPS) is 21.7. The first-order chi connectivity index (χ1) is 11.0. The zero-order valence-electron chi connectivity index (χ0n) is 14.1. The van der Waals surface area contributed by atoms with E-state index in [1.54, 1.807) is 0 Å². The molecule has 1 unspecified atom stereocenters. The maximum atomic E-state index is 10.8. The van der Waals surface area contributed by atoms with Crippen LogP contribution in [-0.2, 0) is 6.54 Å². The molecule has 0 amide bonds. The molecule has 124 valence electrons. The average Bonchev–Trinajstić information content (AvgIpc) is 3.04. The lowest BCUT2D eigenvalue weighted by Crippen LogP contribution is -2.39. The highest BCUT2D eigenvalue weighted by molar-refractivity contribution is 5.27. The lowest BCUT2D eigenvalue weighted by atomic mass is 10.1. The average molecular weight is 315 g/mol. The molecule has 2 heterocycles. The molecule has 1 aliphatic rings. The molecule has 0 saturated carbocycles. The van der Waals surface area contributed by atoms with E-state index in [4.69, 9.17) is 4.74 Å². The van der Waals surface area contributed by atoms with Crippen LogP contribution in [0.25, 0.3) is 0 Å². The van der Waals surface area contributed by atoms with Gasteiger partial charge in [0.15, 0.2) is 0 Å². The number of aromatic amines is 1. The van der Waals surface area contributed by atoms with Crippen LogP contribution in [0.1, 0.15) is 28.9 Å². The van der Waals surface area contributed by atoms with Crippen molar-refractivity contribution in [2.75, 3.05) is 19.7 Å². The van der Waals surface area contributed by atoms with E-state index in [-0.39, 0.29) is 0 Å². The topological polar surface area (TPSA) is 61.4 Å². The van der Waals surface area contributed by atoms with E-state index in [1.807, 2.05) is 45.0 Å². The number of β-amino-alcohol motifs (C(OH)–C–C–N with tert-alkyl or cyclic N) is 1. The van der Waals surface area contributed by atoms with Gasteiger partial charge < -0.3 is 9.84 Å². The van der Waals surface area contributed by atoms with Gasteiger partial charge >= 0.3 is 0 Å². The summed E-state index contributed by atoms with van der Waals surface area (Å²) in [5.74, 6) is 0.818. The predicted molar refractivity (Wildman–Crippen MR) is 89.6 cm³/mol. The van der Waals surface area contributed by atoms with Crippen LogP contribution in [0.5, 0.6) is 5.75 Å². The fourth-order valence-electron chi connectivity index (χ4n) is 3.15. The molecule has 5 heteroatoms. The van der Waals surface area contributed by atoms with Crippen LogP contribution in [0.4, 0.5) is 0 Å². The molecule has 0 aliphatic carbocycles. The predicted octanol–water partition coefficient (Wildman–Crippen LogP) is 2.35. The van der Waals surface area contributed by atoms with E-state index in [0.29, 0.717) is 13.2 Å². The number of benzene rings is 1. The van der Waals surface area contributed by atoms with Gasteiger partial charge in [0, 0.05) is 30.9 Å². The molecule has 0 spiro atoms. The number of nitrogens with zero attached hydrogens (tertiary/aromatic N) is 2. The van der Waals surface area contributed by atoms with E-state index in [9.17, 15) is 5.11 Å². The Hall–Kier alpha value is -1.85.